The number of ether oxygens (including phenoxy) is 2. The predicted octanol–water partition coefficient (Wildman–Crippen LogP) is 2.89. The number of pyridine rings is 1. The van der Waals surface area contributed by atoms with Gasteiger partial charge >= 0.3 is 12.1 Å². The van der Waals surface area contributed by atoms with Crippen LogP contribution in [0.15, 0.2) is 48.7 Å². The molecule has 8 heteroatoms. The second-order valence-corrected chi connectivity index (χ2v) is 6.05. The molecule has 2 aromatic rings. The first-order valence-corrected chi connectivity index (χ1v) is 8.59. The monoisotopic (exact) mass is 370 g/mol. The average molecular weight is 370 g/mol. The molecule has 1 fully saturated rings. The van der Waals surface area contributed by atoms with Crippen LogP contribution in [0.1, 0.15) is 11.7 Å². The Labute approximate surface area is 157 Å². The maximum absolute atomic E-state index is 12.8. The zero-order valence-corrected chi connectivity index (χ0v) is 15.3. The van der Waals surface area contributed by atoms with Gasteiger partial charge in [0.1, 0.15) is 6.61 Å². The highest BCUT2D eigenvalue weighted by atomic mass is 16.6. The van der Waals surface area contributed by atoms with Crippen LogP contribution in [-0.4, -0.2) is 55.9 Å². The number of hydrogen-bond donors (Lipinski definition) is 1. The molecule has 0 bridgehead atoms. The SMILES string of the molecule is COC[C@@H](c1ccccn1)N(C)C(=O)Nc1ccccc1N1CCOC1=O. The molecule has 1 aliphatic rings. The third-order valence-electron chi connectivity index (χ3n) is 4.34. The molecule has 0 aliphatic carbocycles. The van der Waals surface area contributed by atoms with Crippen molar-refractivity contribution in [1.29, 1.82) is 0 Å². The number of anilines is 2. The molecule has 142 valence electrons. The standard InChI is InChI=1S/C19H22N4O4/c1-22(17(13-26-2)14-7-5-6-10-20-14)18(24)21-15-8-3-4-9-16(15)23-11-12-27-19(23)25/h3-10,17H,11-13H2,1-2H3,(H,21,24)/t17-/m0/s1. The highest BCUT2D eigenvalue weighted by Gasteiger charge is 2.27. The first-order chi connectivity index (χ1) is 13.1. The number of nitrogens with one attached hydrogen (secondary N) is 1. The van der Waals surface area contributed by atoms with Gasteiger partial charge in [0.25, 0.3) is 0 Å². The summed E-state index contributed by atoms with van der Waals surface area (Å²) in [6.07, 6.45) is 1.26. The van der Waals surface area contributed by atoms with Crippen molar-refractivity contribution in [2.75, 3.05) is 44.1 Å². The third kappa shape index (κ3) is 4.17. The molecule has 0 saturated carbocycles. The first-order valence-electron chi connectivity index (χ1n) is 8.59. The minimum atomic E-state index is -0.421. The normalized spacial score (nSPS) is 14.6. The lowest BCUT2D eigenvalue weighted by molar-refractivity contribution is 0.119. The lowest BCUT2D eigenvalue weighted by atomic mass is 10.2. The number of carbonyl (C=O) groups excluding carboxylic acids is 2. The zero-order chi connectivity index (χ0) is 19.2. The molecule has 1 aromatic heterocycles. The molecule has 3 amide bonds. The van der Waals surface area contributed by atoms with E-state index in [0.29, 0.717) is 31.1 Å². The summed E-state index contributed by atoms with van der Waals surface area (Å²) >= 11 is 0. The van der Waals surface area contributed by atoms with Gasteiger partial charge in [-0.3, -0.25) is 9.88 Å². The van der Waals surface area contributed by atoms with Crippen LogP contribution in [0.5, 0.6) is 0 Å². The number of rotatable bonds is 6. The van der Waals surface area contributed by atoms with Gasteiger partial charge in [-0.15, -0.1) is 0 Å². The fourth-order valence-electron chi connectivity index (χ4n) is 2.90. The van der Waals surface area contributed by atoms with Gasteiger partial charge in [-0.25, -0.2) is 9.59 Å². The van der Waals surface area contributed by atoms with Gasteiger partial charge in [-0.1, -0.05) is 18.2 Å². The van der Waals surface area contributed by atoms with Crippen molar-refractivity contribution in [1.82, 2.24) is 9.88 Å². The summed E-state index contributed by atoms with van der Waals surface area (Å²) in [5.41, 5.74) is 1.86. The molecule has 27 heavy (non-hydrogen) atoms. The number of benzene rings is 1. The summed E-state index contributed by atoms with van der Waals surface area (Å²) in [5.74, 6) is 0. The number of para-hydroxylation sites is 2. The summed E-state index contributed by atoms with van der Waals surface area (Å²) in [7, 11) is 3.26. The Bertz CT molecular complexity index is 799. The summed E-state index contributed by atoms with van der Waals surface area (Å²) in [6, 6.07) is 12.0. The number of aromatic nitrogens is 1. The Balaban J connectivity index is 1.79. The molecular weight excluding hydrogens is 348 g/mol. The van der Waals surface area contributed by atoms with Crippen molar-refractivity contribution < 1.29 is 19.1 Å². The van der Waals surface area contributed by atoms with Crippen LogP contribution >= 0.6 is 0 Å². The number of amides is 3. The minimum Gasteiger partial charge on any atom is -0.447 e. The molecule has 1 aliphatic heterocycles. The topological polar surface area (TPSA) is 84.0 Å². The second-order valence-electron chi connectivity index (χ2n) is 6.05. The van der Waals surface area contributed by atoms with Crippen LogP contribution in [0.2, 0.25) is 0 Å². The smallest absolute Gasteiger partial charge is 0.414 e. The zero-order valence-electron chi connectivity index (χ0n) is 15.3. The Kier molecular flexibility index (Phi) is 5.87. The maximum Gasteiger partial charge on any atom is 0.414 e. The number of nitrogens with zero attached hydrogens (tertiary/aromatic N) is 3. The number of carbonyl (C=O) groups is 2. The quantitative estimate of drug-likeness (QED) is 0.845. The van der Waals surface area contributed by atoms with Crippen molar-refractivity contribution in [3.8, 4) is 0 Å². The van der Waals surface area contributed by atoms with Crippen molar-refractivity contribution in [3.63, 3.8) is 0 Å². The van der Waals surface area contributed by atoms with Crippen molar-refractivity contribution in [2.24, 2.45) is 0 Å². The van der Waals surface area contributed by atoms with Gasteiger partial charge < -0.3 is 19.7 Å². The number of likely N-dealkylation sites (N-methyl/N-ethyl adjacent to an activating group) is 1. The number of cyclic esters (lactones) is 1. The van der Waals surface area contributed by atoms with E-state index in [1.807, 2.05) is 24.3 Å². The Hall–Kier alpha value is -3.13. The lowest BCUT2D eigenvalue weighted by Crippen LogP contribution is -2.37. The predicted molar refractivity (Wildman–Crippen MR) is 101 cm³/mol. The third-order valence-corrected chi connectivity index (χ3v) is 4.34. The summed E-state index contributed by atoms with van der Waals surface area (Å²) in [6.45, 7) is 1.08. The molecule has 1 atom stereocenters. The van der Waals surface area contributed by atoms with Crippen LogP contribution in [0.25, 0.3) is 0 Å². The number of hydrogen-bond acceptors (Lipinski definition) is 5. The minimum absolute atomic E-state index is 0.307. The van der Waals surface area contributed by atoms with Crippen LogP contribution in [0, 0.1) is 0 Å². The molecule has 3 rings (SSSR count). The van der Waals surface area contributed by atoms with Crippen LogP contribution in [0.3, 0.4) is 0 Å². The van der Waals surface area contributed by atoms with Crippen LogP contribution < -0.4 is 10.2 Å². The Morgan fingerprint density at radius 1 is 1.33 bits per heavy atom. The summed E-state index contributed by atoms with van der Waals surface area (Å²) < 4.78 is 10.3. The van der Waals surface area contributed by atoms with E-state index < -0.39 is 6.09 Å². The van der Waals surface area contributed by atoms with Crippen molar-refractivity contribution >= 4 is 23.5 Å². The van der Waals surface area contributed by atoms with Crippen molar-refractivity contribution in [3.05, 3.63) is 54.4 Å². The highest BCUT2D eigenvalue weighted by Crippen LogP contribution is 2.29. The molecule has 0 unspecified atom stereocenters. The molecule has 0 radical (unpaired) electrons. The number of urea groups is 1. The van der Waals surface area contributed by atoms with Gasteiger partial charge in [0.2, 0.25) is 0 Å². The molecule has 1 N–H and O–H groups in total. The number of methoxy groups -OCH3 is 1. The fraction of sp³-hybridized carbons (Fsp3) is 0.316. The molecule has 8 nitrogen and oxygen atoms in total. The van der Waals surface area contributed by atoms with E-state index in [0.717, 1.165) is 5.69 Å². The van der Waals surface area contributed by atoms with E-state index in [1.165, 1.54) is 9.80 Å². The van der Waals surface area contributed by atoms with E-state index in [1.54, 1.807) is 38.6 Å². The van der Waals surface area contributed by atoms with Gasteiger partial charge in [0, 0.05) is 20.4 Å². The van der Waals surface area contributed by atoms with Gasteiger partial charge in [-0.05, 0) is 24.3 Å². The lowest BCUT2D eigenvalue weighted by Gasteiger charge is -2.28. The van der Waals surface area contributed by atoms with E-state index in [-0.39, 0.29) is 12.1 Å². The van der Waals surface area contributed by atoms with E-state index in [4.69, 9.17) is 9.47 Å². The molecular formula is C19H22N4O4. The van der Waals surface area contributed by atoms with Crippen molar-refractivity contribution in [2.45, 2.75) is 6.04 Å². The van der Waals surface area contributed by atoms with Gasteiger partial charge in [0.05, 0.1) is 36.3 Å². The molecule has 1 saturated heterocycles. The molecule has 1 aromatic carbocycles. The average Bonchev–Trinajstić information content (AvgIpc) is 3.12. The molecule has 0 spiro atoms. The second kappa shape index (κ2) is 8.50. The van der Waals surface area contributed by atoms with E-state index in [2.05, 4.69) is 10.3 Å². The molecule has 2 heterocycles. The largest absolute Gasteiger partial charge is 0.447 e. The Morgan fingerprint density at radius 3 is 2.78 bits per heavy atom. The van der Waals surface area contributed by atoms with E-state index >= 15 is 0 Å². The summed E-state index contributed by atoms with van der Waals surface area (Å²) in [5, 5.41) is 2.87. The Morgan fingerprint density at radius 2 is 2.11 bits per heavy atom. The van der Waals surface area contributed by atoms with E-state index in [9.17, 15) is 9.59 Å². The maximum atomic E-state index is 12.8. The highest BCUT2D eigenvalue weighted by molar-refractivity contribution is 5.99. The first kappa shape index (κ1) is 18.7. The van der Waals surface area contributed by atoms with Crippen LogP contribution in [-0.2, 0) is 9.47 Å². The summed E-state index contributed by atoms with van der Waals surface area (Å²) in [4.78, 5) is 32.1. The van der Waals surface area contributed by atoms with Gasteiger partial charge in [0.15, 0.2) is 0 Å². The fourth-order valence-corrected chi connectivity index (χ4v) is 2.90. The van der Waals surface area contributed by atoms with Crippen LogP contribution in [0.4, 0.5) is 21.0 Å². The van der Waals surface area contributed by atoms with Gasteiger partial charge in [-0.2, -0.15) is 0 Å².